The molecule has 3 nitrogen and oxygen atoms in total. The Labute approximate surface area is 193 Å². The molecular weight excluding hydrogens is 402 g/mol. The Hall–Kier alpha value is -3.04. The van der Waals surface area contributed by atoms with Crippen molar-refractivity contribution in [3.8, 4) is 0 Å². The molecule has 3 rings (SSSR count). The second-order valence-corrected chi connectivity index (χ2v) is 7.76. The molecule has 0 aliphatic carbocycles. The molecule has 0 amide bonds. The number of hydrogen-bond donors (Lipinski definition) is 0. The highest BCUT2D eigenvalue weighted by molar-refractivity contribution is 5.70. The lowest BCUT2D eigenvalue weighted by Crippen LogP contribution is -3.00. The van der Waals surface area contributed by atoms with Crippen LogP contribution in [0.3, 0.4) is 0 Å². The molecule has 1 heterocycles. The summed E-state index contributed by atoms with van der Waals surface area (Å²) >= 11 is 0. The quantitative estimate of drug-likeness (QED) is 0.530. The van der Waals surface area contributed by atoms with E-state index in [1.165, 1.54) is 33.9 Å². The van der Waals surface area contributed by atoms with Crippen molar-refractivity contribution in [2.75, 3.05) is 38.0 Å². The maximum atomic E-state index is 2.33. The Balaban J connectivity index is 0.00000341. The van der Waals surface area contributed by atoms with Crippen LogP contribution < -0.4 is 26.8 Å². The molecule has 2 aromatic carbocycles. The van der Waals surface area contributed by atoms with Crippen molar-refractivity contribution >= 4 is 35.7 Å². The molecule has 1 aromatic heterocycles. The molecule has 0 aliphatic rings. The van der Waals surface area contributed by atoms with Crippen molar-refractivity contribution < 1.29 is 17.0 Å². The molecule has 0 N–H and O–H groups in total. The van der Waals surface area contributed by atoms with E-state index in [2.05, 4.69) is 141 Å². The second kappa shape index (κ2) is 11.4. The smallest absolute Gasteiger partial charge is 0.205 e. The van der Waals surface area contributed by atoms with E-state index in [1.807, 2.05) is 0 Å². The van der Waals surface area contributed by atoms with E-state index in [0.717, 1.165) is 6.54 Å². The first-order chi connectivity index (χ1) is 14.5. The molecule has 0 aliphatic heterocycles. The Morgan fingerprint density at radius 3 is 1.32 bits per heavy atom. The number of pyridine rings is 1. The Morgan fingerprint density at radius 1 is 0.613 bits per heavy atom. The van der Waals surface area contributed by atoms with Gasteiger partial charge in [0.15, 0.2) is 0 Å². The van der Waals surface area contributed by atoms with Crippen LogP contribution in [0.1, 0.15) is 29.4 Å². The first-order valence-electron chi connectivity index (χ1n) is 10.4. The maximum Gasteiger partial charge on any atom is 0.205 e. The number of hydrogen-bond acceptors (Lipinski definition) is 2. The summed E-state index contributed by atoms with van der Waals surface area (Å²) in [5.41, 5.74) is 7.21. The highest BCUT2D eigenvalue weighted by atomic mass is 35.5. The predicted molar refractivity (Wildman–Crippen MR) is 132 cm³/mol. The fraction of sp³-hybridized carbons (Fsp3) is 0.222. The van der Waals surface area contributed by atoms with Gasteiger partial charge in [-0.05, 0) is 60.5 Å². The van der Waals surface area contributed by atoms with Gasteiger partial charge in [-0.25, -0.2) is 0 Å². The van der Waals surface area contributed by atoms with E-state index in [-0.39, 0.29) is 12.4 Å². The summed E-state index contributed by atoms with van der Waals surface area (Å²) in [6.45, 7) is 3.10. The molecule has 0 spiro atoms. The monoisotopic (exact) mass is 433 g/mol. The van der Waals surface area contributed by atoms with Gasteiger partial charge in [-0.1, -0.05) is 24.3 Å². The molecule has 3 aromatic rings. The summed E-state index contributed by atoms with van der Waals surface area (Å²) in [5, 5.41) is 0. The maximum absolute atomic E-state index is 2.33. The number of anilines is 2. The first-order valence-corrected chi connectivity index (χ1v) is 10.4. The van der Waals surface area contributed by atoms with Crippen molar-refractivity contribution in [1.82, 2.24) is 0 Å². The molecule has 0 fully saturated rings. The molecule has 0 unspecified atom stereocenters. The molecule has 0 atom stereocenters. The third-order valence-corrected chi connectivity index (χ3v) is 5.19. The largest absolute Gasteiger partial charge is 1.00 e. The summed E-state index contributed by atoms with van der Waals surface area (Å²) in [6.07, 6.45) is 8.73. The zero-order chi connectivity index (χ0) is 21.5. The fourth-order valence-corrected chi connectivity index (χ4v) is 3.36. The molecule has 162 valence electrons. The van der Waals surface area contributed by atoms with Crippen LogP contribution in [0.5, 0.6) is 0 Å². The average Bonchev–Trinajstić information content (AvgIpc) is 2.76. The van der Waals surface area contributed by atoms with Gasteiger partial charge in [0.25, 0.3) is 0 Å². The van der Waals surface area contributed by atoms with E-state index >= 15 is 0 Å². The minimum absolute atomic E-state index is 0. The summed E-state index contributed by atoms with van der Waals surface area (Å²) in [4.78, 5) is 4.23. The van der Waals surface area contributed by atoms with Crippen molar-refractivity contribution in [2.24, 2.45) is 0 Å². The van der Waals surface area contributed by atoms with Crippen LogP contribution in [0.4, 0.5) is 11.4 Å². The molecular formula is C27H32ClN3. The molecule has 0 bridgehead atoms. The highest BCUT2D eigenvalue weighted by Gasteiger charge is 2.10. The summed E-state index contributed by atoms with van der Waals surface area (Å²) < 4.78 is 2.33. The Morgan fingerprint density at radius 2 is 1.00 bits per heavy atom. The predicted octanol–water partition coefficient (Wildman–Crippen LogP) is 2.47. The van der Waals surface area contributed by atoms with Crippen molar-refractivity contribution in [3.05, 3.63) is 89.2 Å². The zero-order valence-electron chi connectivity index (χ0n) is 19.1. The van der Waals surface area contributed by atoms with Crippen LogP contribution in [0, 0.1) is 0 Å². The molecule has 31 heavy (non-hydrogen) atoms. The van der Waals surface area contributed by atoms with Crippen molar-refractivity contribution in [2.45, 2.75) is 13.5 Å². The van der Waals surface area contributed by atoms with Crippen LogP contribution in [-0.2, 0) is 6.54 Å². The van der Waals surface area contributed by atoms with Crippen LogP contribution in [0.15, 0.2) is 66.7 Å². The lowest BCUT2D eigenvalue weighted by atomic mass is 10.1. The van der Waals surface area contributed by atoms with Crippen LogP contribution in [0.25, 0.3) is 24.3 Å². The van der Waals surface area contributed by atoms with Gasteiger partial charge in [-0.2, -0.15) is 4.57 Å². The second-order valence-electron chi connectivity index (χ2n) is 7.76. The van der Waals surface area contributed by atoms with Crippen LogP contribution >= 0.6 is 0 Å². The lowest BCUT2D eigenvalue weighted by Gasteiger charge is -2.11. The number of halogens is 1. The number of rotatable bonds is 7. The Kier molecular flexibility index (Phi) is 8.89. The minimum atomic E-state index is 0. The van der Waals surface area contributed by atoms with Crippen LogP contribution in [0.2, 0.25) is 0 Å². The third-order valence-electron chi connectivity index (χ3n) is 5.19. The number of nitrogens with zero attached hydrogens (tertiary/aromatic N) is 3. The Bertz CT molecular complexity index is 938. The summed E-state index contributed by atoms with van der Waals surface area (Å²) in [7, 11) is 8.24. The van der Waals surface area contributed by atoms with Gasteiger partial charge in [0, 0.05) is 63.9 Å². The summed E-state index contributed by atoms with van der Waals surface area (Å²) in [6, 6.07) is 23.7. The normalized spacial score (nSPS) is 11.0. The fourth-order valence-electron chi connectivity index (χ4n) is 3.36. The van der Waals surface area contributed by atoms with E-state index in [1.54, 1.807) is 0 Å². The van der Waals surface area contributed by atoms with Crippen molar-refractivity contribution in [3.63, 3.8) is 0 Å². The lowest BCUT2D eigenvalue weighted by molar-refractivity contribution is -0.696. The van der Waals surface area contributed by atoms with E-state index < -0.39 is 0 Å². The standard InChI is InChI=1S/C27H32N3.ClH/c1-6-30-26(20-14-22-10-16-24(17-11-22)28(2)3)8-7-9-27(30)21-15-23-12-18-25(19-13-23)29(4)5;/h7-21H,6H2,1-5H3;1H/q+1;/p-1. The molecule has 0 saturated heterocycles. The molecule has 0 radical (unpaired) electrons. The number of aromatic nitrogens is 1. The van der Waals surface area contributed by atoms with Gasteiger partial charge in [-0.15, -0.1) is 0 Å². The topological polar surface area (TPSA) is 10.4 Å². The third kappa shape index (κ3) is 6.47. The molecule has 4 heteroatoms. The van der Waals surface area contributed by atoms with Gasteiger partial charge < -0.3 is 22.2 Å². The van der Waals surface area contributed by atoms with E-state index in [9.17, 15) is 0 Å². The van der Waals surface area contributed by atoms with Crippen molar-refractivity contribution in [1.29, 1.82) is 0 Å². The van der Waals surface area contributed by atoms with E-state index in [4.69, 9.17) is 0 Å². The first kappa shape index (κ1) is 24.2. The SMILES string of the molecule is CC[n+]1c(C=Cc2ccc(N(C)C)cc2)cccc1C=Cc1ccc(N(C)C)cc1.[Cl-]. The van der Waals surface area contributed by atoms with Crippen LogP contribution in [-0.4, -0.2) is 28.2 Å². The van der Waals surface area contributed by atoms with E-state index in [0.29, 0.717) is 0 Å². The number of benzene rings is 2. The average molecular weight is 434 g/mol. The summed E-state index contributed by atoms with van der Waals surface area (Å²) in [5.74, 6) is 0. The van der Waals surface area contributed by atoms with Gasteiger partial charge in [0.05, 0.1) is 0 Å². The zero-order valence-corrected chi connectivity index (χ0v) is 19.8. The molecule has 0 saturated carbocycles. The van der Waals surface area contributed by atoms with Gasteiger partial charge >= 0.3 is 0 Å². The van der Waals surface area contributed by atoms with Gasteiger partial charge in [-0.3, -0.25) is 0 Å². The minimum Gasteiger partial charge on any atom is -1.00 e. The van der Waals surface area contributed by atoms with Gasteiger partial charge in [0.2, 0.25) is 11.4 Å². The van der Waals surface area contributed by atoms with Gasteiger partial charge in [0.1, 0.15) is 6.54 Å². The highest BCUT2D eigenvalue weighted by Crippen LogP contribution is 2.16.